The molecule has 0 saturated carbocycles. The highest BCUT2D eigenvalue weighted by Gasteiger charge is 2.14. The van der Waals surface area contributed by atoms with Crippen molar-refractivity contribution in [2.75, 3.05) is 6.54 Å². The highest BCUT2D eigenvalue weighted by atomic mass is 35.5. The van der Waals surface area contributed by atoms with Crippen LogP contribution < -0.4 is 10.6 Å². The van der Waals surface area contributed by atoms with Gasteiger partial charge in [-0.15, -0.1) is 0 Å². The Bertz CT molecular complexity index is 481. The molecule has 7 heteroatoms. The predicted octanol–water partition coefficient (Wildman–Crippen LogP) is 1.54. The van der Waals surface area contributed by atoms with Crippen LogP contribution in [-0.2, 0) is 4.79 Å². The average molecular weight is 301 g/mol. The molecule has 1 rings (SSSR count). The predicted molar refractivity (Wildman–Crippen MR) is 74.7 cm³/mol. The summed E-state index contributed by atoms with van der Waals surface area (Å²) in [6, 6.07) is 6.45. The van der Waals surface area contributed by atoms with Crippen LogP contribution >= 0.6 is 11.6 Å². The summed E-state index contributed by atoms with van der Waals surface area (Å²) in [7, 11) is 0. The Morgan fingerprint density at radius 3 is 2.70 bits per heavy atom. The van der Waals surface area contributed by atoms with E-state index in [1.54, 1.807) is 25.1 Å². The maximum Gasteiger partial charge on any atom is 0.332 e. The van der Waals surface area contributed by atoms with E-state index in [2.05, 4.69) is 10.6 Å². The SMILES string of the molecule is CC(NC(=O)NCCC(O)C(=O)O)c1cccc(Cl)c1. The minimum Gasteiger partial charge on any atom is -0.479 e. The van der Waals surface area contributed by atoms with E-state index in [0.717, 1.165) is 5.56 Å². The molecule has 0 fully saturated rings. The van der Waals surface area contributed by atoms with Crippen molar-refractivity contribution in [3.63, 3.8) is 0 Å². The molecule has 110 valence electrons. The number of hydrogen-bond acceptors (Lipinski definition) is 3. The summed E-state index contributed by atoms with van der Waals surface area (Å²) < 4.78 is 0. The molecule has 0 saturated heterocycles. The monoisotopic (exact) mass is 300 g/mol. The Hall–Kier alpha value is -1.79. The van der Waals surface area contributed by atoms with Crippen LogP contribution in [-0.4, -0.2) is 34.9 Å². The Morgan fingerprint density at radius 1 is 1.40 bits per heavy atom. The molecule has 0 aliphatic rings. The molecule has 4 N–H and O–H groups in total. The van der Waals surface area contributed by atoms with Crippen LogP contribution in [0.5, 0.6) is 0 Å². The molecule has 0 heterocycles. The third-order valence-corrected chi connectivity index (χ3v) is 2.92. The Kier molecular flexibility index (Phi) is 6.27. The molecule has 20 heavy (non-hydrogen) atoms. The summed E-state index contributed by atoms with van der Waals surface area (Å²) in [5.74, 6) is -1.31. The van der Waals surface area contributed by atoms with Gasteiger partial charge in [0, 0.05) is 18.0 Å². The standard InChI is InChI=1S/C13H17ClN2O4/c1-8(9-3-2-4-10(14)7-9)16-13(20)15-6-5-11(17)12(18)19/h2-4,7-8,11,17H,5-6H2,1H3,(H,18,19)(H2,15,16,20). The van der Waals surface area contributed by atoms with Crippen LogP contribution in [0.2, 0.25) is 5.02 Å². The third kappa shape index (κ3) is 5.46. The average Bonchev–Trinajstić information content (AvgIpc) is 2.38. The highest BCUT2D eigenvalue weighted by Crippen LogP contribution is 2.16. The van der Waals surface area contributed by atoms with Gasteiger partial charge in [-0.05, 0) is 24.6 Å². The van der Waals surface area contributed by atoms with Crippen LogP contribution in [0.3, 0.4) is 0 Å². The first-order valence-electron chi connectivity index (χ1n) is 6.11. The maximum atomic E-state index is 11.6. The van der Waals surface area contributed by atoms with Gasteiger partial charge in [-0.2, -0.15) is 0 Å². The summed E-state index contributed by atoms with van der Waals surface area (Å²) in [6.07, 6.45) is -1.52. The first-order valence-corrected chi connectivity index (χ1v) is 6.48. The zero-order chi connectivity index (χ0) is 15.1. The van der Waals surface area contributed by atoms with Gasteiger partial charge in [-0.25, -0.2) is 9.59 Å². The number of hydrogen-bond donors (Lipinski definition) is 4. The topological polar surface area (TPSA) is 98.7 Å². The lowest BCUT2D eigenvalue weighted by molar-refractivity contribution is -0.146. The molecule has 0 bridgehead atoms. The van der Waals surface area contributed by atoms with Gasteiger partial charge in [-0.3, -0.25) is 0 Å². The molecular formula is C13H17ClN2O4. The van der Waals surface area contributed by atoms with E-state index in [0.29, 0.717) is 5.02 Å². The summed E-state index contributed by atoms with van der Waals surface area (Å²) in [6.45, 7) is 1.87. The lowest BCUT2D eigenvalue weighted by Gasteiger charge is -2.15. The van der Waals surface area contributed by atoms with Crippen molar-refractivity contribution in [1.82, 2.24) is 10.6 Å². The number of carbonyl (C=O) groups is 2. The largest absolute Gasteiger partial charge is 0.479 e. The molecule has 2 unspecified atom stereocenters. The number of aliphatic hydroxyl groups is 1. The molecular weight excluding hydrogens is 284 g/mol. The summed E-state index contributed by atoms with van der Waals surface area (Å²) in [5, 5.41) is 23.3. The fraction of sp³-hybridized carbons (Fsp3) is 0.385. The quantitative estimate of drug-likeness (QED) is 0.640. The lowest BCUT2D eigenvalue weighted by Crippen LogP contribution is -2.39. The van der Waals surface area contributed by atoms with Gasteiger partial charge in [0.25, 0.3) is 0 Å². The van der Waals surface area contributed by atoms with Gasteiger partial charge in [0.1, 0.15) is 0 Å². The smallest absolute Gasteiger partial charge is 0.332 e. The van der Waals surface area contributed by atoms with E-state index in [4.69, 9.17) is 21.8 Å². The fourth-order valence-electron chi connectivity index (χ4n) is 1.55. The van der Waals surface area contributed by atoms with E-state index in [-0.39, 0.29) is 19.0 Å². The van der Waals surface area contributed by atoms with Crippen LogP contribution in [0.15, 0.2) is 24.3 Å². The van der Waals surface area contributed by atoms with Crippen LogP contribution in [0.25, 0.3) is 0 Å². The van der Waals surface area contributed by atoms with Gasteiger partial charge >= 0.3 is 12.0 Å². The first kappa shape index (κ1) is 16.3. The van der Waals surface area contributed by atoms with Crippen LogP contribution in [0.1, 0.15) is 24.9 Å². The normalized spacial score (nSPS) is 13.3. The third-order valence-electron chi connectivity index (χ3n) is 2.68. The molecule has 6 nitrogen and oxygen atoms in total. The molecule has 0 radical (unpaired) electrons. The number of nitrogens with one attached hydrogen (secondary N) is 2. The number of aliphatic carboxylic acids is 1. The molecule has 2 atom stereocenters. The zero-order valence-corrected chi connectivity index (χ0v) is 11.7. The Balaban J connectivity index is 2.37. The van der Waals surface area contributed by atoms with Crippen molar-refractivity contribution >= 4 is 23.6 Å². The number of carbonyl (C=O) groups excluding carboxylic acids is 1. The molecule has 1 aromatic rings. The second-order valence-corrected chi connectivity index (χ2v) is 4.76. The Morgan fingerprint density at radius 2 is 2.10 bits per heavy atom. The highest BCUT2D eigenvalue weighted by molar-refractivity contribution is 6.30. The van der Waals surface area contributed by atoms with Crippen molar-refractivity contribution in [2.45, 2.75) is 25.5 Å². The zero-order valence-electron chi connectivity index (χ0n) is 11.0. The number of halogens is 1. The number of urea groups is 1. The maximum absolute atomic E-state index is 11.6. The van der Waals surface area contributed by atoms with Crippen LogP contribution in [0, 0.1) is 0 Å². The summed E-state index contributed by atoms with van der Waals surface area (Å²) in [4.78, 5) is 22.0. The lowest BCUT2D eigenvalue weighted by atomic mass is 10.1. The Labute approximate surface area is 121 Å². The number of carboxylic acid groups (broad SMARTS) is 1. The van der Waals surface area contributed by atoms with Gasteiger partial charge in [0.2, 0.25) is 0 Å². The van der Waals surface area contributed by atoms with Gasteiger partial charge in [0.15, 0.2) is 6.10 Å². The van der Waals surface area contributed by atoms with Crippen molar-refractivity contribution in [3.8, 4) is 0 Å². The molecule has 0 aromatic heterocycles. The second-order valence-electron chi connectivity index (χ2n) is 4.32. The molecule has 0 spiro atoms. The first-order chi connectivity index (χ1) is 9.40. The van der Waals surface area contributed by atoms with E-state index in [9.17, 15) is 9.59 Å². The number of rotatable bonds is 6. The summed E-state index contributed by atoms with van der Waals surface area (Å²) in [5.41, 5.74) is 0.859. The van der Waals surface area contributed by atoms with Crippen molar-refractivity contribution in [2.24, 2.45) is 0 Å². The van der Waals surface area contributed by atoms with E-state index >= 15 is 0 Å². The number of amides is 2. The minimum absolute atomic E-state index is 0.0473. The molecule has 2 amide bonds. The van der Waals surface area contributed by atoms with Crippen molar-refractivity contribution < 1.29 is 19.8 Å². The fourth-order valence-corrected chi connectivity index (χ4v) is 1.75. The number of benzene rings is 1. The van der Waals surface area contributed by atoms with Gasteiger partial charge < -0.3 is 20.8 Å². The minimum atomic E-state index is -1.47. The van der Waals surface area contributed by atoms with E-state index in [1.165, 1.54) is 0 Å². The van der Waals surface area contributed by atoms with E-state index < -0.39 is 18.1 Å². The molecule has 1 aromatic carbocycles. The molecule has 0 aliphatic carbocycles. The van der Waals surface area contributed by atoms with E-state index in [1.807, 2.05) is 6.07 Å². The number of aliphatic hydroxyl groups excluding tert-OH is 1. The van der Waals surface area contributed by atoms with Crippen molar-refractivity contribution in [3.05, 3.63) is 34.9 Å². The summed E-state index contributed by atoms with van der Waals surface area (Å²) >= 11 is 5.86. The molecule has 0 aliphatic heterocycles. The second kappa shape index (κ2) is 7.72. The van der Waals surface area contributed by atoms with Gasteiger partial charge in [-0.1, -0.05) is 23.7 Å². The van der Waals surface area contributed by atoms with Crippen molar-refractivity contribution in [1.29, 1.82) is 0 Å². The van der Waals surface area contributed by atoms with Gasteiger partial charge in [0.05, 0.1) is 6.04 Å². The number of carboxylic acids is 1. The van der Waals surface area contributed by atoms with Crippen LogP contribution in [0.4, 0.5) is 4.79 Å².